The predicted molar refractivity (Wildman–Crippen MR) is 126 cm³/mol. The number of amides is 1. The zero-order valence-corrected chi connectivity index (χ0v) is 20.5. The van der Waals surface area contributed by atoms with Crippen LogP contribution in [-0.2, 0) is 28.3 Å². The molecule has 1 fully saturated rings. The van der Waals surface area contributed by atoms with E-state index in [0.717, 1.165) is 29.9 Å². The van der Waals surface area contributed by atoms with E-state index in [1.165, 1.54) is 4.31 Å². The molecular weight excluding hydrogens is 440 g/mol. The number of aromatic nitrogens is 2. The van der Waals surface area contributed by atoms with Crippen LogP contribution in [0.5, 0.6) is 0 Å². The summed E-state index contributed by atoms with van der Waals surface area (Å²) in [5.74, 6) is 1.63. The second-order valence-corrected chi connectivity index (χ2v) is 10.5. The monoisotopic (exact) mass is 472 g/mol. The highest BCUT2D eigenvalue weighted by molar-refractivity contribution is 7.89. The van der Waals surface area contributed by atoms with Gasteiger partial charge < -0.3 is 13.9 Å². The van der Waals surface area contributed by atoms with Gasteiger partial charge in [0.05, 0.1) is 28.2 Å². The van der Waals surface area contributed by atoms with Crippen molar-refractivity contribution in [3.63, 3.8) is 0 Å². The van der Waals surface area contributed by atoms with Crippen molar-refractivity contribution in [2.45, 2.75) is 63.4 Å². The number of nitrogens with zero attached hydrogens (tertiary/aromatic N) is 4. The lowest BCUT2D eigenvalue weighted by atomic mass is 10.1. The molecular formula is C24H32N4O4S. The molecule has 0 radical (unpaired) electrons. The standard InChI is InChI=1S/C24H32N4O4S/c1-5-27(6-2)33(30,31)19-11-12-21-20(16-19)25-23(26(21)4)13-14-24(29)28(18-9-10-18)17(3)22-8-7-15-32-22/h7-8,11-12,15-18H,5-6,9-10,13-14H2,1-4H3/t17-/m0/s1. The Morgan fingerprint density at radius 1 is 1.24 bits per heavy atom. The van der Waals surface area contributed by atoms with Gasteiger partial charge in [-0.25, -0.2) is 13.4 Å². The number of hydrogen-bond acceptors (Lipinski definition) is 5. The Morgan fingerprint density at radius 3 is 2.58 bits per heavy atom. The van der Waals surface area contributed by atoms with Crippen LogP contribution in [0.4, 0.5) is 0 Å². The summed E-state index contributed by atoms with van der Waals surface area (Å²) in [6, 6.07) is 8.97. The molecule has 0 N–H and O–H groups in total. The van der Waals surface area contributed by atoms with Gasteiger partial charge in [-0.15, -0.1) is 0 Å². The summed E-state index contributed by atoms with van der Waals surface area (Å²) in [4.78, 5) is 20.0. The van der Waals surface area contributed by atoms with E-state index in [1.807, 2.05) is 49.4 Å². The van der Waals surface area contributed by atoms with Gasteiger partial charge in [0.1, 0.15) is 11.6 Å². The van der Waals surface area contributed by atoms with E-state index in [-0.39, 0.29) is 22.9 Å². The average Bonchev–Trinajstić information content (AvgIpc) is 3.36. The fourth-order valence-electron chi connectivity index (χ4n) is 4.43. The third-order valence-corrected chi connectivity index (χ3v) is 8.50. The van der Waals surface area contributed by atoms with Crippen LogP contribution in [0.15, 0.2) is 45.9 Å². The molecule has 0 unspecified atom stereocenters. The number of hydrogen-bond donors (Lipinski definition) is 0. The molecule has 8 nitrogen and oxygen atoms in total. The van der Waals surface area contributed by atoms with Crippen molar-refractivity contribution in [2.75, 3.05) is 13.1 Å². The first-order valence-corrected chi connectivity index (χ1v) is 13.0. The van der Waals surface area contributed by atoms with Crippen LogP contribution in [-0.4, -0.2) is 52.2 Å². The Labute approximate surface area is 195 Å². The van der Waals surface area contributed by atoms with Crippen molar-refractivity contribution in [3.8, 4) is 0 Å². The number of imidazole rings is 1. The van der Waals surface area contributed by atoms with Crippen molar-refractivity contribution in [1.82, 2.24) is 18.8 Å². The lowest BCUT2D eigenvalue weighted by Crippen LogP contribution is -2.35. The predicted octanol–water partition coefficient (Wildman–Crippen LogP) is 3.88. The van der Waals surface area contributed by atoms with E-state index >= 15 is 0 Å². The summed E-state index contributed by atoms with van der Waals surface area (Å²) in [5, 5.41) is 0. The Bertz CT molecular complexity index is 1220. The van der Waals surface area contributed by atoms with E-state index in [2.05, 4.69) is 4.98 Å². The van der Waals surface area contributed by atoms with Crippen LogP contribution < -0.4 is 0 Å². The van der Waals surface area contributed by atoms with Gasteiger partial charge in [-0.3, -0.25) is 4.79 Å². The second kappa shape index (κ2) is 9.30. The third kappa shape index (κ3) is 4.56. The number of carbonyl (C=O) groups is 1. The van der Waals surface area contributed by atoms with Crippen molar-refractivity contribution in [3.05, 3.63) is 48.2 Å². The Kier molecular flexibility index (Phi) is 6.63. The largest absolute Gasteiger partial charge is 0.467 e. The van der Waals surface area contributed by atoms with Crippen LogP contribution in [0.3, 0.4) is 0 Å². The molecule has 2 aromatic heterocycles. The molecule has 33 heavy (non-hydrogen) atoms. The lowest BCUT2D eigenvalue weighted by Gasteiger charge is -2.28. The van der Waals surface area contributed by atoms with Gasteiger partial charge >= 0.3 is 0 Å². The molecule has 1 aliphatic rings. The van der Waals surface area contributed by atoms with E-state index in [9.17, 15) is 13.2 Å². The molecule has 1 atom stereocenters. The maximum Gasteiger partial charge on any atom is 0.243 e. The number of carbonyl (C=O) groups excluding carboxylic acids is 1. The second-order valence-electron chi connectivity index (χ2n) is 8.55. The van der Waals surface area contributed by atoms with Crippen molar-refractivity contribution >= 4 is 27.0 Å². The van der Waals surface area contributed by atoms with Crippen molar-refractivity contribution < 1.29 is 17.6 Å². The molecule has 178 valence electrons. The van der Waals surface area contributed by atoms with E-state index in [0.29, 0.717) is 31.4 Å². The maximum absolute atomic E-state index is 13.2. The minimum atomic E-state index is -3.55. The van der Waals surface area contributed by atoms with Gasteiger partial charge in [-0.1, -0.05) is 13.8 Å². The zero-order valence-electron chi connectivity index (χ0n) is 19.7. The fraction of sp³-hybridized carbons (Fsp3) is 0.500. The van der Waals surface area contributed by atoms with Gasteiger partial charge in [-0.05, 0) is 50.1 Å². The molecule has 0 spiro atoms. The number of fused-ring (bicyclic) bond motifs is 1. The molecule has 0 saturated heterocycles. The van der Waals surface area contributed by atoms with E-state index in [1.54, 1.807) is 24.5 Å². The minimum absolute atomic E-state index is 0.0817. The van der Waals surface area contributed by atoms with Gasteiger partial charge in [0, 0.05) is 39.0 Å². The van der Waals surface area contributed by atoms with E-state index < -0.39 is 10.0 Å². The number of aryl methyl sites for hydroxylation is 2. The summed E-state index contributed by atoms with van der Waals surface area (Å²) >= 11 is 0. The molecule has 4 rings (SSSR count). The van der Waals surface area contributed by atoms with E-state index in [4.69, 9.17) is 4.42 Å². The van der Waals surface area contributed by atoms with Gasteiger partial charge in [0.25, 0.3) is 0 Å². The molecule has 9 heteroatoms. The fourth-order valence-corrected chi connectivity index (χ4v) is 5.91. The highest BCUT2D eigenvalue weighted by atomic mass is 32.2. The smallest absolute Gasteiger partial charge is 0.243 e. The summed E-state index contributed by atoms with van der Waals surface area (Å²) in [7, 11) is -1.65. The summed E-state index contributed by atoms with van der Waals surface area (Å²) < 4.78 is 34.7. The topological polar surface area (TPSA) is 88.7 Å². The van der Waals surface area contributed by atoms with Crippen molar-refractivity contribution in [2.24, 2.45) is 7.05 Å². The normalized spacial score (nSPS) is 15.3. The Morgan fingerprint density at radius 2 is 1.97 bits per heavy atom. The quantitative estimate of drug-likeness (QED) is 0.447. The number of furan rings is 1. The first kappa shape index (κ1) is 23.5. The number of benzene rings is 1. The summed E-state index contributed by atoms with van der Waals surface area (Å²) in [5.41, 5.74) is 1.47. The van der Waals surface area contributed by atoms with Crippen LogP contribution in [0.25, 0.3) is 11.0 Å². The first-order valence-electron chi connectivity index (χ1n) is 11.6. The molecule has 2 heterocycles. The molecule has 0 aliphatic heterocycles. The molecule has 1 aromatic carbocycles. The average molecular weight is 473 g/mol. The minimum Gasteiger partial charge on any atom is -0.467 e. The highest BCUT2D eigenvalue weighted by Gasteiger charge is 2.37. The Balaban J connectivity index is 1.53. The van der Waals surface area contributed by atoms with Crippen molar-refractivity contribution in [1.29, 1.82) is 0 Å². The molecule has 0 bridgehead atoms. The molecule has 1 amide bonds. The van der Waals surface area contributed by atoms with Crippen LogP contribution in [0.1, 0.15) is 57.7 Å². The third-order valence-electron chi connectivity index (χ3n) is 6.45. The SMILES string of the molecule is CCN(CC)S(=O)(=O)c1ccc2c(c1)nc(CCC(=O)N(C1CC1)[C@@H](C)c1ccco1)n2C. The molecule has 1 saturated carbocycles. The van der Waals surface area contributed by atoms with Gasteiger partial charge in [-0.2, -0.15) is 4.31 Å². The molecule has 3 aromatic rings. The number of rotatable bonds is 10. The van der Waals surface area contributed by atoms with Gasteiger partial charge in [0.15, 0.2) is 0 Å². The lowest BCUT2D eigenvalue weighted by molar-refractivity contribution is -0.134. The zero-order chi connectivity index (χ0) is 23.8. The van der Waals surface area contributed by atoms with Crippen LogP contribution in [0.2, 0.25) is 0 Å². The van der Waals surface area contributed by atoms with Crippen LogP contribution in [0, 0.1) is 0 Å². The summed E-state index contributed by atoms with van der Waals surface area (Å²) in [6.07, 6.45) is 4.49. The maximum atomic E-state index is 13.2. The number of sulfonamides is 1. The van der Waals surface area contributed by atoms with Crippen LogP contribution >= 0.6 is 0 Å². The van der Waals surface area contributed by atoms with Gasteiger partial charge in [0.2, 0.25) is 15.9 Å². The highest BCUT2D eigenvalue weighted by Crippen LogP contribution is 2.35. The Hall–Kier alpha value is -2.65. The first-order chi connectivity index (χ1) is 15.8. The molecule has 1 aliphatic carbocycles. The summed E-state index contributed by atoms with van der Waals surface area (Å²) in [6.45, 7) is 6.49.